The highest BCUT2D eigenvalue weighted by atomic mass is 32.1. The molecule has 0 aliphatic carbocycles. The molecule has 1 N–H and O–H groups in total. The first-order valence-corrected chi connectivity index (χ1v) is 11.8. The van der Waals surface area contributed by atoms with Crippen molar-refractivity contribution in [1.29, 1.82) is 0 Å². The normalized spacial score (nSPS) is 27.1. The van der Waals surface area contributed by atoms with E-state index in [0.29, 0.717) is 15.7 Å². The van der Waals surface area contributed by atoms with Crippen LogP contribution in [0.3, 0.4) is 0 Å². The van der Waals surface area contributed by atoms with E-state index in [2.05, 4.69) is 0 Å². The zero-order chi connectivity index (χ0) is 19.6. The zero-order valence-corrected chi connectivity index (χ0v) is 17.8. The maximum Gasteiger partial charge on any atom is 0.349 e. The predicted molar refractivity (Wildman–Crippen MR) is 110 cm³/mol. The minimum atomic E-state index is -1.72. The van der Waals surface area contributed by atoms with E-state index >= 15 is 0 Å². The van der Waals surface area contributed by atoms with Gasteiger partial charge in [0.05, 0.1) is 29.5 Å². The van der Waals surface area contributed by atoms with Gasteiger partial charge >= 0.3 is 5.97 Å². The van der Waals surface area contributed by atoms with Crippen LogP contribution in [0.5, 0.6) is 0 Å². The summed E-state index contributed by atoms with van der Waals surface area (Å²) in [6.45, 7) is 7.55. The van der Waals surface area contributed by atoms with Gasteiger partial charge in [-0.25, -0.2) is 4.79 Å². The van der Waals surface area contributed by atoms with Gasteiger partial charge in [-0.3, -0.25) is 0 Å². The lowest BCUT2D eigenvalue weighted by atomic mass is 9.83. The van der Waals surface area contributed by atoms with E-state index in [0.717, 1.165) is 56.7 Å². The van der Waals surface area contributed by atoms with Crippen LogP contribution in [0.15, 0.2) is 35.0 Å². The number of aliphatic hydroxyl groups is 1. The van der Waals surface area contributed by atoms with Gasteiger partial charge in [0, 0.05) is 25.4 Å². The van der Waals surface area contributed by atoms with Crippen LogP contribution in [0.2, 0.25) is 0 Å². The van der Waals surface area contributed by atoms with Crippen molar-refractivity contribution in [3.63, 3.8) is 0 Å². The number of thiophene rings is 2. The van der Waals surface area contributed by atoms with E-state index in [1.165, 1.54) is 22.7 Å². The predicted octanol–water partition coefficient (Wildman–Crippen LogP) is 3.23. The first-order chi connectivity index (χ1) is 13.6. The van der Waals surface area contributed by atoms with Crippen LogP contribution in [0.4, 0.5) is 0 Å². The molecule has 7 heteroatoms. The Morgan fingerprint density at radius 2 is 1.86 bits per heavy atom. The van der Waals surface area contributed by atoms with E-state index in [-0.39, 0.29) is 6.10 Å². The Kier molecular flexibility index (Phi) is 5.90. The van der Waals surface area contributed by atoms with E-state index in [4.69, 9.17) is 9.47 Å². The summed E-state index contributed by atoms with van der Waals surface area (Å²) in [6, 6.07) is 7.32. The zero-order valence-electron chi connectivity index (χ0n) is 16.2. The summed E-state index contributed by atoms with van der Waals surface area (Å²) in [6.07, 6.45) is 2.00. The average Bonchev–Trinajstić information content (AvgIpc) is 3.43. The molecule has 2 bridgehead atoms. The topological polar surface area (TPSA) is 55.8 Å². The molecule has 0 amide bonds. The quantitative estimate of drug-likeness (QED) is 0.403. The summed E-state index contributed by atoms with van der Waals surface area (Å²) in [5.74, 6) is -0.147. The monoisotopic (exact) mass is 422 g/mol. The molecule has 0 unspecified atom stereocenters. The van der Waals surface area contributed by atoms with Gasteiger partial charge in [-0.2, -0.15) is 0 Å². The Hall–Kier alpha value is -1.25. The van der Waals surface area contributed by atoms with Crippen LogP contribution in [-0.4, -0.2) is 61.1 Å². The Morgan fingerprint density at radius 1 is 1.21 bits per heavy atom. The Morgan fingerprint density at radius 3 is 2.39 bits per heavy atom. The summed E-state index contributed by atoms with van der Waals surface area (Å²) in [5.41, 5.74) is -1.72. The van der Waals surface area contributed by atoms with Crippen LogP contribution >= 0.6 is 22.7 Å². The number of quaternary nitrogens is 1. The molecule has 3 aliphatic rings. The summed E-state index contributed by atoms with van der Waals surface area (Å²) in [7, 11) is 0. The second kappa shape index (κ2) is 8.24. The van der Waals surface area contributed by atoms with Crippen LogP contribution in [0.25, 0.3) is 0 Å². The van der Waals surface area contributed by atoms with Gasteiger partial charge in [-0.1, -0.05) is 12.1 Å². The summed E-state index contributed by atoms with van der Waals surface area (Å²) in [4.78, 5) is 14.5. The van der Waals surface area contributed by atoms with Gasteiger partial charge in [0.15, 0.2) is 6.10 Å². The molecule has 2 aromatic rings. The maximum atomic E-state index is 13.3. The largest absolute Gasteiger partial charge is 0.453 e. The van der Waals surface area contributed by atoms with E-state index in [1.54, 1.807) is 12.1 Å². The van der Waals surface area contributed by atoms with E-state index < -0.39 is 11.6 Å². The van der Waals surface area contributed by atoms with Crippen LogP contribution in [0, 0.1) is 5.92 Å². The highest BCUT2D eigenvalue weighted by molar-refractivity contribution is 7.12. The fraction of sp³-hybridized carbons (Fsp3) is 0.571. The molecule has 0 saturated carbocycles. The lowest BCUT2D eigenvalue weighted by Gasteiger charge is -2.52. The number of rotatable bonds is 8. The van der Waals surface area contributed by atoms with E-state index in [1.807, 2.05) is 29.8 Å². The lowest BCUT2D eigenvalue weighted by molar-refractivity contribution is -0.946. The van der Waals surface area contributed by atoms with Crippen molar-refractivity contribution in [2.75, 3.05) is 39.4 Å². The van der Waals surface area contributed by atoms with Crippen molar-refractivity contribution >= 4 is 28.6 Å². The second-order valence-corrected chi connectivity index (χ2v) is 9.73. The molecule has 0 spiro atoms. The minimum absolute atomic E-state index is 0.136. The molecule has 0 radical (unpaired) electrons. The van der Waals surface area contributed by atoms with Crippen LogP contribution < -0.4 is 0 Å². The number of fused-ring (bicyclic) bond motifs is 3. The van der Waals surface area contributed by atoms with Gasteiger partial charge in [0.1, 0.15) is 13.1 Å². The first-order valence-electron chi connectivity index (χ1n) is 10.0. The third-order valence-electron chi connectivity index (χ3n) is 6.26. The third-order valence-corrected chi connectivity index (χ3v) is 8.22. The number of hydrogen-bond acceptors (Lipinski definition) is 6. The highest BCUT2D eigenvalue weighted by Crippen LogP contribution is 2.40. The van der Waals surface area contributed by atoms with Crippen molar-refractivity contribution in [2.45, 2.75) is 31.5 Å². The van der Waals surface area contributed by atoms with Gasteiger partial charge in [-0.05, 0) is 29.8 Å². The van der Waals surface area contributed by atoms with Crippen molar-refractivity contribution in [3.05, 3.63) is 44.8 Å². The number of esters is 1. The lowest BCUT2D eigenvalue weighted by Crippen LogP contribution is -2.65. The van der Waals surface area contributed by atoms with Gasteiger partial charge in [-0.15, -0.1) is 22.7 Å². The number of piperidine rings is 3. The fourth-order valence-electron chi connectivity index (χ4n) is 4.59. The van der Waals surface area contributed by atoms with E-state index in [9.17, 15) is 9.90 Å². The summed E-state index contributed by atoms with van der Waals surface area (Å²) in [5, 5.41) is 15.2. The minimum Gasteiger partial charge on any atom is -0.453 e. The Balaban J connectivity index is 1.52. The molecular formula is C21H28NO4S2+. The Bertz CT molecular complexity index is 732. The van der Waals surface area contributed by atoms with Crippen molar-refractivity contribution < 1.29 is 23.9 Å². The molecule has 0 aromatic carbocycles. The van der Waals surface area contributed by atoms with Crippen LogP contribution in [0.1, 0.15) is 29.5 Å². The molecule has 152 valence electrons. The smallest absolute Gasteiger partial charge is 0.349 e. The molecule has 5 nitrogen and oxygen atoms in total. The molecular weight excluding hydrogens is 394 g/mol. The first kappa shape index (κ1) is 20.0. The molecule has 1 atom stereocenters. The molecule has 2 aromatic heterocycles. The number of ether oxygens (including phenoxy) is 2. The standard InChI is InChI=1S/C21H28NO4S2/c1-2-25-12-11-22-9-7-16(8-10-22)17(15-22)26-20(23)21(24,18-5-3-13-27-18)19-6-4-14-28-19/h3-6,13-14,16-17,24H,2,7-12,15H2,1H3/q+1/t16?,17-,22?/m0/s1. The van der Waals surface area contributed by atoms with Gasteiger partial charge in [0.2, 0.25) is 5.60 Å². The molecule has 28 heavy (non-hydrogen) atoms. The molecule has 5 heterocycles. The maximum absolute atomic E-state index is 13.3. The molecule has 3 saturated heterocycles. The second-order valence-electron chi connectivity index (χ2n) is 7.84. The average molecular weight is 423 g/mol. The molecule has 5 rings (SSSR count). The number of hydrogen-bond donors (Lipinski definition) is 1. The molecule has 3 aliphatic heterocycles. The van der Waals surface area contributed by atoms with Crippen molar-refractivity contribution in [3.8, 4) is 0 Å². The summed E-state index contributed by atoms with van der Waals surface area (Å²) >= 11 is 2.76. The van der Waals surface area contributed by atoms with Gasteiger partial charge < -0.3 is 19.1 Å². The van der Waals surface area contributed by atoms with Crippen LogP contribution in [-0.2, 0) is 19.9 Å². The number of nitrogens with zero attached hydrogens (tertiary/aromatic N) is 1. The van der Waals surface area contributed by atoms with Crippen molar-refractivity contribution in [1.82, 2.24) is 0 Å². The summed E-state index contributed by atoms with van der Waals surface area (Å²) < 4.78 is 12.6. The SMILES string of the molecule is CCOCC[N+]12CCC(CC1)[C@@H](OC(=O)C(O)(c1cccs1)c1cccs1)C2. The Labute approximate surface area is 174 Å². The number of carbonyl (C=O) groups is 1. The van der Waals surface area contributed by atoms with Gasteiger partial charge in [0.25, 0.3) is 0 Å². The fourth-order valence-corrected chi connectivity index (χ4v) is 6.30. The third kappa shape index (κ3) is 3.66. The highest BCUT2D eigenvalue weighted by Gasteiger charge is 2.51. The molecule has 3 fully saturated rings. The number of carbonyl (C=O) groups excluding carboxylic acids is 1. The van der Waals surface area contributed by atoms with Crippen molar-refractivity contribution in [2.24, 2.45) is 5.92 Å².